The molecule has 1 aliphatic rings. The second-order valence-corrected chi connectivity index (χ2v) is 2.66. The van der Waals surface area contributed by atoms with E-state index in [0.29, 0.717) is 0 Å². The SMILES string of the molecule is [N-]=[N+]=NC1CC([N+](=O)[O-])CN1N=[N+]=[N-]. The maximum atomic E-state index is 10.4. The summed E-state index contributed by atoms with van der Waals surface area (Å²) >= 11 is 0. The molecule has 1 aliphatic heterocycles. The molecule has 1 rings (SSSR count). The molecule has 0 aliphatic carbocycles. The lowest BCUT2D eigenvalue weighted by Gasteiger charge is -2.07. The van der Waals surface area contributed by atoms with Crippen LogP contribution in [0.1, 0.15) is 6.42 Å². The van der Waals surface area contributed by atoms with E-state index in [1.54, 1.807) is 0 Å². The lowest BCUT2D eigenvalue weighted by Crippen LogP contribution is -2.23. The fourth-order valence-electron chi connectivity index (χ4n) is 1.24. The van der Waals surface area contributed by atoms with Crippen molar-refractivity contribution in [3.8, 4) is 0 Å². The van der Waals surface area contributed by atoms with Crippen LogP contribution in [0, 0.1) is 10.1 Å². The maximum absolute atomic E-state index is 10.4. The standard InChI is InChI=1S/C4H6N8O2/c5-8-7-4-1-3(12(13)14)2-11(4)10-9-6/h3-4H,1-2H2. The Morgan fingerprint density at radius 1 is 1.50 bits per heavy atom. The molecule has 1 fully saturated rings. The Balaban J connectivity index is 2.79. The van der Waals surface area contributed by atoms with Gasteiger partial charge < -0.3 is 0 Å². The van der Waals surface area contributed by atoms with Gasteiger partial charge in [-0.05, 0) is 15.9 Å². The molecule has 1 saturated heterocycles. The molecule has 0 aromatic carbocycles. The van der Waals surface area contributed by atoms with E-state index in [4.69, 9.17) is 11.1 Å². The van der Waals surface area contributed by atoms with Gasteiger partial charge >= 0.3 is 0 Å². The number of hydrogen-bond donors (Lipinski definition) is 0. The van der Waals surface area contributed by atoms with E-state index in [0.717, 1.165) is 5.01 Å². The largest absolute Gasteiger partial charge is 0.264 e. The van der Waals surface area contributed by atoms with Crippen LogP contribution in [0.3, 0.4) is 0 Å². The molecule has 14 heavy (non-hydrogen) atoms. The zero-order valence-corrected chi connectivity index (χ0v) is 6.96. The van der Waals surface area contributed by atoms with Gasteiger partial charge in [0.25, 0.3) is 6.04 Å². The van der Waals surface area contributed by atoms with Gasteiger partial charge in [-0.15, -0.1) is 5.53 Å². The van der Waals surface area contributed by atoms with Gasteiger partial charge in [-0.3, -0.25) is 10.1 Å². The molecule has 0 radical (unpaired) electrons. The molecule has 0 aromatic rings. The molecule has 2 unspecified atom stereocenters. The highest BCUT2D eigenvalue weighted by Crippen LogP contribution is 2.21. The number of nitro groups is 1. The van der Waals surface area contributed by atoms with Crippen LogP contribution in [-0.2, 0) is 0 Å². The quantitative estimate of drug-likeness (QED) is 0.221. The molecule has 0 amide bonds. The van der Waals surface area contributed by atoms with Gasteiger partial charge in [0.2, 0.25) is 0 Å². The Morgan fingerprint density at radius 3 is 2.71 bits per heavy atom. The van der Waals surface area contributed by atoms with Gasteiger partial charge in [0.05, 0.1) is 6.42 Å². The summed E-state index contributed by atoms with van der Waals surface area (Å²) < 4.78 is 0. The predicted molar refractivity (Wildman–Crippen MR) is 44.2 cm³/mol. The zero-order valence-electron chi connectivity index (χ0n) is 6.96. The van der Waals surface area contributed by atoms with Crippen molar-refractivity contribution in [1.82, 2.24) is 5.01 Å². The van der Waals surface area contributed by atoms with E-state index in [1.807, 2.05) is 0 Å². The molecule has 2 atom stereocenters. The van der Waals surface area contributed by atoms with Crippen molar-refractivity contribution in [3.05, 3.63) is 31.0 Å². The zero-order chi connectivity index (χ0) is 10.6. The average Bonchev–Trinajstić information content (AvgIpc) is 2.50. The van der Waals surface area contributed by atoms with Gasteiger partial charge in [-0.25, -0.2) is 5.01 Å². The maximum Gasteiger partial charge on any atom is 0.254 e. The number of nitrogens with zero attached hydrogens (tertiary/aromatic N) is 8. The van der Waals surface area contributed by atoms with E-state index in [1.165, 1.54) is 0 Å². The summed E-state index contributed by atoms with van der Waals surface area (Å²) in [6, 6.07) is -0.851. The van der Waals surface area contributed by atoms with Crippen LogP contribution in [0.25, 0.3) is 20.9 Å². The Kier molecular flexibility index (Phi) is 2.95. The molecular weight excluding hydrogens is 192 g/mol. The minimum atomic E-state index is -0.851. The summed E-state index contributed by atoms with van der Waals surface area (Å²) in [5, 5.41) is 18.0. The number of azide groups is 2. The lowest BCUT2D eigenvalue weighted by atomic mass is 10.2. The molecule has 0 bridgehead atoms. The highest BCUT2D eigenvalue weighted by Gasteiger charge is 2.41. The molecule has 0 N–H and O–H groups in total. The predicted octanol–water partition coefficient (Wildman–Crippen LogP) is 1.20. The van der Waals surface area contributed by atoms with Crippen LogP contribution in [0.2, 0.25) is 0 Å². The van der Waals surface area contributed by atoms with Crippen molar-refractivity contribution in [3.63, 3.8) is 0 Å². The molecule has 0 saturated carbocycles. The first kappa shape index (κ1) is 9.90. The third-order valence-corrected chi connectivity index (χ3v) is 1.86. The average molecular weight is 198 g/mol. The Morgan fingerprint density at radius 2 is 2.21 bits per heavy atom. The first-order valence-electron chi connectivity index (χ1n) is 3.68. The van der Waals surface area contributed by atoms with Gasteiger partial charge in [0.1, 0.15) is 0 Å². The summed E-state index contributed by atoms with van der Waals surface area (Å²) in [5.74, 6) is 0. The molecule has 1 heterocycles. The number of hydrogen-bond acceptors (Lipinski definition) is 4. The fourth-order valence-corrected chi connectivity index (χ4v) is 1.24. The summed E-state index contributed by atoms with van der Waals surface area (Å²) in [7, 11) is 0. The molecule has 10 heteroatoms. The molecular formula is C4H6N8O2. The lowest BCUT2D eigenvalue weighted by molar-refractivity contribution is -0.518. The third kappa shape index (κ3) is 1.94. The molecule has 10 nitrogen and oxygen atoms in total. The van der Waals surface area contributed by atoms with E-state index in [2.05, 4.69) is 20.2 Å². The van der Waals surface area contributed by atoms with Gasteiger partial charge in [0.15, 0.2) is 12.7 Å². The van der Waals surface area contributed by atoms with Gasteiger partial charge in [-0.1, -0.05) is 0 Å². The minimum absolute atomic E-state index is 0.0270. The molecule has 0 spiro atoms. The monoisotopic (exact) mass is 198 g/mol. The van der Waals surface area contributed by atoms with Crippen LogP contribution in [0.15, 0.2) is 10.3 Å². The topological polar surface area (TPSA) is 144 Å². The van der Waals surface area contributed by atoms with Crippen molar-refractivity contribution in [1.29, 1.82) is 0 Å². The third-order valence-electron chi connectivity index (χ3n) is 1.86. The minimum Gasteiger partial charge on any atom is -0.264 e. The van der Waals surface area contributed by atoms with Crippen molar-refractivity contribution in [2.24, 2.45) is 10.3 Å². The highest BCUT2D eigenvalue weighted by molar-refractivity contribution is 4.82. The van der Waals surface area contributed by atoms with Crippen molar-refractivity contribution < 1.29 is 4.92 Å². The summed E-state index contributed by atoms with van der Waals surface area (Å²) in [5.41, 5.74) is 16.3. The molecule has 0 aromatic heterocycles. The van der Waals surface area contributed by atoms with Crippen molar-refractivity contribution in [2.75, 3.05) is 6.54 Å². The van der Waals surface area contributed by atoms with Gasteiger partial charge in [0, 0.05) is 9.84 Å². The van der Waals surface area contributed by atoms with Crippen LogP contribution >= 0.6 is 0 Å². The van der Waals surface area contributed by atoms with Crippen LogP contribution < -0.4 is 0 Å². The highest BCUT2D eigenvalue weighted by atomic mass is 16.6. The summed E-state index contributed by atoms with van der Waals surface area (Å²) in [4.78, 5) is 14.9. The summed E-state index contributed by atoms with van der Waals surface area (Å²) in [6.07, 6.45) is -0.693. The smallest absolute Gasteiger partial charge is 0.254 e. The second kappa shape index (κ2) is 4.17. The van der Waals surface area contributed by atoms with Crippen LogP contribution in [0.4, 0.5) is 0 Å². The van der Waals surface area contributed by atoms with Crippen molar-refractivity contribution >= 4 is 0 Å². The Bertz CT molecular complexity index is 302. The Hall–Kier alpha value is -2.18. The first-order chi connectivity index (χ1) is 6.69. The summed E-state index contributed by atoms with van der Waals surface area (Å²) in [6.45, 7) is -0.0270. The van der Waals surface area contributed by atoms with E-state index in [-0.39, 0.29) is 13.0 Å². The Labute approximate surface area is 77.5 Å². The van der Waals surface area contributed by atoms with E-state index >= 15 is 0 Å². The second-order valence-electron chi connectivity index (χ2n) is 2.66. The normalized spacial score (nSPS) is 25.0. The van der Waals surface area contributed by atoms with Gasteiger partial charge in [-0.2, -0.15) is 4.91 Å². The fraction of sp³-hybridized carbons (Fsp3) is 1.00. The van der Waals surface area contributed by atoms with Crippen LogP contribution in [-0.4, -0.2) is 28.7 Å². The molecule has 74 valence electrons. The van der Waals surface area contributed by atoms with Crippen molar-refractivity contribution in [2.45, 2.75) is 18.6 Å². The number of rotatable bonds is 3. The van der Waals surface area contributed by atoms with E-state index < -0.39 is 17.1 Å². The van der Waals surface area contributed by atoms with Crippen LogP contribution in [0.5, 0.6) is 0 Å². The van der Waals surface area contributed by atoms with E-state index in [9.17, 15) is 10.1 Å². The first-order valence-corrected chi connectivity index (χ1v) is 3.68.